The van der Waals surface area contributed by atoms with Gasteiger partial charge in [-0.25, -0.2) is 9.97 Å². The van der Waals surface area contributed by atoms with Crippen molar-refractivity contribution in [3.8, 4) is 0 Å². The molecule has 2 fully saturated rings. The number of aryl methyl sites for hydroxylation is 2. The zero-order chi connectivity index (χ0) is 15.5. The Morgan fingerprint density at radius 2 is 2.27 bits per heavy atom. The third-order valence-corrected chi connectivity index (χ3v) is 6.30. The molecule has 22 heavy (non-hydrogen) atoms. The van der Waals surface area contributed by atoms with Crippen molar-refractivity contribution >= 4 is 33.3 Å². The second-order valence-corrected chi connectivity index (χ2v) is 7.48. The molecule has 2 atom stereocenters. The third-order valence-electron chi connectivity index (χ3n) is 5.31. The maximum Gasteiger partial charge on any atom is 0.311 e. The Hall–Kier alpha value is -1.69. The Morgan fingerprint density at radius 3 is 3.00 bits per heavy atom. The summed E-state index contributed by atoms with van der Waals surface area (Å²) in [6, 6.07) is 0. The molecule has 1 N–H and O–H groups in total. The van der Waals surface area contributed by atoms with Gasteiger partial charge in [-0.1, -0.05) is 6.42 Å². The number of hydrogen-bond acceptors (Lipinski definition) is 5. The maximum absolute atomic E-state index is 11.9. The molecule has 0 amide bonds. The van der Waals surface area contributed by atoms with Crippen LogP contribution in [0.25, 0.3) is 10.2 Å². The zero-order valence-corrected chi connectivity index (χ0v) is 13.6. The van der Waals surface area contributed by atoms with Crippen LogP contribution in [0.3, 0.4) is 0 Å². The lowest BCUT2D eigenvalue weighted by Gasteiger charge is -2.24. The molecule has 1 aliphatic heterocycles. The quantitative estimate of drug-likeness (QED) is 0.922. The smallest absolute Gasteiger partial charge is 0.311 e. The van der Waals surface area contributed by atoms with E-state index in [4.69, 9.17) is 0 Å². The van der Waals surface area contributed by atoms with Gasteiger partial charge in [-0.2, -0.15) is 0 Å². The van der Waals surface area contributed by atoms with Gasteiger partial charge >= 0.3 is 5.97 Å². The van der Waals surface area contributed by atoms with Crippen molar-refractivity contribution in [1.29, 1.82) is 0 Å². The van der Waals surface area contributed by atoms with Gasteiger partial charge in [-0.15, -0.1) is 11.3 Å². The van der Waals surface area contributed by atoms with Crippen molar-refractivity contribution in [3.05, 3.63) is 16.8 Å². The van der Waals surface area contributed by atoms with Crippen molar-refractivity contribution in [1.82, 2.24) is 9.97 Å². The largest absolute Gasteiger partial charge is 0.481 e. The molecule has 2 aromatic heterocycles. The van der Waals surface area contributed by atoms with E-state index in [0.29, 0.717) is 6.54 Å². The first-order chi connectivity index (χ1) is 10.5. The third kappa shape index (κ3) is 1.79. The number of hydrogen-bond donors (Lipinski definition) is 1. The Morgan fingerprint density at radius 1 is 1.45 bits per heavy atom. The van der Waals surface area contributed by atoms with Crippen LogP contribution in [0, 0.1) is 25.2 Å². The molecule has 0 spiro atoms. The van der Waals surface area contributed by atoms with Crippen LogP contribution in [-0.4, -0.2) is 34.1 Å². The van der Waals surface area contributed by atoms with E-state index in [1.807, 2.05) is 6.92 Å². The van der Waals surface area contributed by atoms with E-state index in [0.717, 1.165) is 47.7 Å². The standard InChI is InChI=1S/C16H19N3O2S/c1-9-7-22-14-12(9)13(17-10(2)18-14)19-6-11-4-3-5-16(11,8-19)15(20)21/h7,11H,3-6,8H2,1-2H3,(H,20,21)/t11-,16+/m0/s1. The van der Waals surface area contributed by atoms with Crippen LogP contribution in [0.4, 0.5) is 5.82 Å². The lowest BCUT2D eigenvalue weighted by Crippen LogP contribution is -2.35. The van der Waals surface area contributed by atoms with Gasteiger partial charge in [-0.05, 0) is 43.6 Å². The van der Waals surface area contributed by atoms with Crippen molar-refractivity contribution in [3.63, 3.8) is 0 Å². The van der Waals surface area contributed by atoms with Gasteiger partial charge in [-0.3, -0.25) is 4.79 Å². The fourth-order valence-electron chi connectivity index (χ4n) is 4.20. The fourth-order valence-corrected chi connectivity index (χ4v) is 5.16. The van der Waals surface area contributed by atoms with Crippen molar-refractivity contribution in [2.45, 2.75) is 33.1 Å². The Balaban J connectivity index is 1.81. The predicted octanol–water partition coefficient (Wildman–Crippen LogP) is 3.00. The van der Waals surface area contributed by atoms with Crippen LogP contribution in [0.5, 0.6) is 0 Å². The Kier molecular flexibility index (Phi) is 2.95. The minimum absolute atomic E-state index is 0.245. The van der Waals surface area contributed by atoms with Crippen LogP contribution in [-0.2, 0) is 4.79 Å². The number of carboxylic acids is 1. The highest BCUT2D eigenvalue weighted by Crippen LogP contribution is 2.50. The molecule has 116 valence electrons. The lowest BCUT2D eigenvalue weighted by molar-refractivity contribution is -0.149. The number of carbonyl (C=O) groups is 1. The summed E-state index contributed by atoms with van der Waals surface area (Å²) in [5.74, 6) is 1.29. The highest BCUT2D eigenvalue weighted by molar-refractivity contribution is 7.17. The molecule has 0 radical (unpaired) electrons. The molecule has 1 saturated heterocycles. The summed E-state index contributed by atoms with van der Waals surface area (Å²) >= 11 is 1.63. The second kappa shape index (κ2) is 4.65. The van der Waals surface area contributed by atoms with E-state index in [9.17, 15) is 9.90 Å². The van der Waals surface area contributed by atoms with Crippen LogP contribution < -0.4 is 4.90 Å². The van der Waals surface area contributed by atoms with E-state index in [-0.39, 0.29) is 5.92 Å². The van der Waals surface area contributed by atoms with E-state index in [1.54, 1.807) is 11.3 Å². The van der Waals surface area contributed by atoms with E-state index in [2.05, 4.69) is 27.2 Å². The van der Waals surface area contributed by atoms with E-state index in [1.165, 1.54) is 5.56 Å². The minimum atomic E-state index is -0.637. The van der Waals surface area contributed by atoms with Crippen LogP contribution in [0.15, 0.2) is 5.38 Å². The predicted molar refractivity (Wildman–Crippen MR) is 86.5 cm³/mol. The number of nitrogens with zero attached hydrogens (tertiary/aromatic N) is 3. The highest BCUT2D eigenvalue weighted by atomic mass is 32.1. The summed E-state index contributed by atoms with van der Waals surface area (Å²) in [7, 11) is 0. The summed E-state index contributed by atoms with van der Waals surface area (Å²) in [4.78, 5) is 24.2. The van der Waals surface area contributed by atoms with Crippen LogP contribution >= 0.6 is 11.3 Å². The maximum atomic E-state index is 11.9. The molecule has 0 bridgehead atoms. The Labute approximate surface area is 133 Å². The number of thiophene rings is 1. The molecule has 6 heteroatoms. The first-order valence-corrected chi connectivity index (χ1v) is 8.60. The summed E-state index contributed by atoms with van der Waals surface area (Å²) in [6.07, 6.45) is 2.83. The van der Waals surface area contributed by atoms with Gasteiger partial charge in [0.15, 0.2) is 0 Å². The topological polar surface area (TPSA) is 66.3 Å². The molecule has 1 saturated carbocycles. The zero-order valence-electron chi connectivity index (χ0n) is 12.8. The van der Waals surface area contributed by atoms with Crippen LogP contribution in [0.1, 0.15) is 30.7 Å². The molecule has 0 aromatic carbocycles. The average molecular weight is 317 g/mol. The number of rotatable bonds is 2. The number of aliphatic carboxylic acids is 1. The van der Waals surface area contributed by atoms with Gasteiger partial charge in [0.1, 0.15) is 16.5 Å². The van der Waals surface area contributed by atoms with Gasteiger partial charge in [0.05, 0.1) is 10.8 Å². The molecular weight excluding hydrogens is 298 g/mol. The second-order valence-electron chi connectivity index (χ2n) is 6.62. The number of aromatic nitrogens is 2. The molecule has 2 aromatic rings. The minimum Gasteiger partial charge on any atom is -0.481 e. The van der Waals surface area contributed by atoms with Crippen molar-refractivity contribution in [2.75, 3.05) is 18.0 Å². The summed E-state index contributed by atoms with van der Waals surface area (Å²) in [5, 5.41) is 13.0. The first-order valence-electron chi connectivity index (χ1n) is 7.72. The van der Waals surface area contributed by atoms with Gasteiger partial charge in [0.2, 0.25) is 0 Å². The number of carboxylic acid groups (broad SMARTS) is 1. The number of fused-ring (bicyclic) bond motifs is 2. The SMILES string of the molecule is Cc1nc(N2C[C@@H]3CCC[C@@]3(C(=O)O)C2)c2c(C)csc2n1. The molecule has 1 aliphatic carbocycles. The van der Waals surface area contributed by atoms with Gasteiger partial charge in [0, 0.05) is 13.1 Å². The average Bonchev–Trinajstić information content (AvgIpc) is 3.10. The fraction of sp³-hybridized carbons (Fsp3) is 0.562. The Bertz CT molecular complexity index is 772. The number of anilines is 1. The molecule has 2 aliphatic rings. The van der Waals surface area contributed by atoms with Gasteiger partial charge < -0.3 is 10.0 Å². The monoisotopic (exact) mass is 317 g/mol. The molecule has 4 rings (SSSR count). The highest BCUT2D eigenvalue weighted by Gasteiger charge is 2.55. The van der Waals surface area contributed by atoms with E-state index < -0.39 is 11.4 Å². The molecule has 3 heterocycles. The molecular formula is C16H19N3O2S. The summed E-state index contributed by atoms with van der Waals surface area (Å²) in [6.45, 7) is 5.35. The lowest BCUT2D eigenvalue weighted by atomic mass is 9.81. The molecule has 5 nitrogen and oxygen atoms in total. The summed E-state index contributed by atoms with van der Waals surface area (Å²) < 4.78 is 0. The van der Waals surface area contributed by atoms with E-state index >= 15 is 0 Å². The van der Waals surface area contributed by atoms with Crippen molar-refractivity contribution in [2.24, 2.45) is 11.3 Å². The van der Waals surface area contributed by atoms with Crippen LogP contribution in [0.2, 0.25) is 0 Å². The van der Waals surface area contributed by atoms with Gasteiger partial charge in [0.25, 0.3) is 0 Å². The molecule has 0 unspecified atom stereocenters. The van der Waals surface area contributed by atoms with Crippen molar-refractivity contribution < 1.29 is 9.90 Å². The summed E-state index contributed by atoms with van der Waals surface area (Å²) in [5.41, 5.74) is 0.603. The normalized spacial score (nSPS) is 27.5. The first kappa shape index (κ1) is 13.9.